The molecule has 3 N–H and O–H groups in total. The van der Waals surface area contributed by atoms with Crippen LogP contribution in [0.1, 0.15) is 147 Å². The van der Waals surface area contributed by atoms with Gasteiger partial charge in [-0.2, -0.15) is 0 Å². The molecule has 0 spiro atoms. The predicted molar refractivity (Wildman–Crippen MR) is 197 cm³/mol. The molecule has 5 aliphatic carbocycles. The summed E-state index contributed by atoms with van der Waals surface area (Å²) in [6.07, 6.45) is 6.77. The van der Waals surface area contributed by atoms with Crippen LogP contribution >= 0.6 is 0 Å². The number of allylic oxidation sites excluding steroid dienone is 1. The van der Waals surface area contributed by atoms with E-state index in [1.807, 2.05) is 0 Å². The summed E-state index contributed by atoms with van der Waals surface area (Å²) >= 11 is 0. The van der Waals surface area contributed by atoms with Crippen LogP contribution in [0, 0.1) is 50.7 Å². The Kier molecular flexibility index (Phi) is 9.23. The first-order valence-electron chi connectivity index (χ1n) is 19.4. The van der Waals surface area contributed by atoms with Gasteiger partial charge in [-0.3, -0.25) is 19.2 Å². The van der Waals surface area contributed by atoms with Crippen LogP contribution in [0.4, 0.5) is 0 Å². The second kappa shape index (κ2) is 12.5. The molecule has 1 amide bonds. The Labute approximate surface area is 308 Å². The number of amides is 1. The van der Waals surface area contributed by atoms with Crippen molar-refractivity contribution in [1.82, 2.24) is 5.32 Å². The van der Waals surface area contributed by atoms with Crippen LogP contribution in [0.15, 0.2) is 35.4 Å². The molecule has 9 nitrogen and oxygen atoms in total. The number of ether oxygens (including phenoxy) is 1. The molecule has 52 heavy (non-hydrogen) atoms. The lowest BCUT2D eigenvalue weighted by atomic mass is 9.33. The Morgan fingerprint density at radius 3 is 2.13 bits per heavy atom. The van der Waals surface area contributed by atoms with E-state index in [2.05, 4.69) is 53.8 Å². The number of Topliss-reactive ketones (excluding diaryl/α,β-unsaturated/α-hetero) is 1. The zero-order valence-electron chi connectivity index (χ0n) is 32.6. The van der Waals surface area contributed by atoms with E-state index in [1.165, 1.54) is 6.07 Å². The number of carbonyl (C=O) groups is 5. The van der Waals surface area contributed by atoms with Crippen molar-refractivity contribution in [1.29, 1.82) is 0 Å². The minimum absolute atomic E-state index is 0.00221. The van der Waals surface area contributed by atoms with Crippen LogP contribution in [0.5, 0.6) is 0 Å². The van der Waals surface area contributed by atoms with Gasteiger partial charge in [0.05, 0.1) is 28.5 Å². The molecule has 0 heterocycles. The number of aliphatic carboxylic acids is 1. The van der Waals surface area contributed by atoms with Gasteiger partial charge in [0.25, 0.3) is 5.91 Å². The van der Waals surface area contributed by atoms with Crippen molar-refractivity contribution in [3.05, 3.63) is 46.5 Å². The Hall–Kier alpha value is -3.49. The zero-order valence-corrected chi connectivity index (χ0v) is 32.6. The third kappa shape index (κ3) is 5.57. The van der Waals surface area contributed by atoms with Crippen LogP contribution in [0.3, 0.4) is 0 Å². The molecule has 0 aromatic heterocycles. The number of ketones is 1. The van der Waals surface area contributed by atoms with Gasteiger partial charge >= 0.3 is 17.9 Å². The van der Waals surface area contributed by atoms with Crippen molar-refractivity contribution >= 4 is 29.6 Å². The summed E-state index contributed by atoms with van der Waals surface area (Å²) in [4.78, 5) is 64.8. The number of fused-ring (bicyclic) bond motifs is 7. The predicted octanol–water partition coefficient (Wildman–Crippen LogP) is 8.26. The van der Waals surface area contributed by atoms with E-state index in [0.717, 1.165) is 56.1 Å². The van der Waals surface area contributed by atoms with Crippen LogP contribution in [0.2, 0.25) is 0 Å². The Balaban J connectivity index is 1.31. The van der Waals surface area contributed by atoms with Crippen molar-refractivity contribution in [3.8, 4) is 0 Å². The molecule has 1 aromatic rings. The summed E-state index contributed by atoms with van der Waals surface area (Å²) in [5, 5.41) is 22.7. The molecule has 284 valence electrons. The largest absolute Gasteiger partial charge is 0.481 e. The van der Waals surface area contributed by atoms with E-state index in [9.17, 15) is 34.2 Å². The fraction of sp³-hybridized carbons (Fsp3) is 0.698. The van der Waals surface area contributed by atoms with Crippen molar-refractivity contribution in [2.75, 3.05) is 0 Å². The van der Waals surface area contributed by atoms with Gasteiger partial charge in [-0.05, 0) is 128 Å². The maximum atomic E-state index is 14.0. The van der Waals surface area contributed by atoms with Crippen molar-refractivity contribution in [2.45, 2.75) is 138 Å². The number of carboxylic acids is 2. The Morgan fingerprint density at radius 2 is 1.52 bits per heavy atom. The summed E-state index contributed by atoms with van der Waals surface area (Å²) in [5.74, 6) is -2.17. The van der Waals surface area contributed by atoms with E-state index in [0.29, 0.717) is 18.3 Å². The second-order valence-corrected chi connectivity index (χ2v) is 19.3. The van der Waals surface area contributed by atoms with Crippen molar-refractivity contribution in [2.24, 2.45) is 50.7 Å². The number of nitrogens with one attached hydrogen (secondary N) is 1. The summed E-state index contributed by atoms with van der Waals surface area (Å²) in [5.41, 5.74) is -0.503. The van der Waals surface area contributed by atoms with E-state index in [-0.39, 0.29) is 69.4 Å². The van der Waals surface area contributed by atoms with Gasteiger partial charge in [-0.25, -0.2) is 4.79 Å². The summed E-state index contributed by atoms with van der Waals surface area (Å²) in [7, 11) is 0. The summed E-state index contributed by atoms with van der Waals surface area (Å²) < 4.78 is 6.13. The van der Waals surface area contributed by atoms with Gasteiger partial charge in [0.2, 0.25) is 0 Å². The molecule has 9 heteroatoms. The van der Waals surface area contributed by atoms with Gasteiger partial charge in [0.15, 0.2) is 5.78 Å². The number of rotatable bonds is 8. The maximum Gasteiger partial charge on any atom is 0.336 e. The van der Waals surface area contributed by atoms with Crippen LogP contribution in [-0.4, -0.2) is 51.5 Å². The molecule has 0 radical (unpaired) electrons. The zero-order chi connectivity index (χ0) is 38.4. The van der Waals surface area contributed by atoms with E-state index in [4.69, 9.17) is 4.74 Å². The van der Waals surface area contributed by atoms with Crippen LogP contribution in [-0.2, 0) is 19.1 Å². The molecule has 4 saturated carbocycles. The molecule has 8 atom stereocenters. The van der Waals surface area contributed by atoms with Crippen LogP contribution in [0.25, 0.3) is 0 Å². The molecule has 6 rings (SSSR count). The van der Waals surface area contributed by atoms with Gasteiger partial charge in [0.1, 0.15) is 6.10 Å². The van der Waals surface area contributed by atoms with Gasteiger partial charge in [-0.15, -0.1) is 0 Å². The van der Waals surface area contributed by atoms with Gasteiger partial charge in [0, 0.05) is 11.8 Å². The Morgan fingerprint density at radius 1 is 0.865 bits per heavy atom. The number of aromatic carboxylic acids is 1. The van der Waals surface area contributed by atoms with E-state index < -0.39 is 34.8 Å². The lowest BCUT2D eigenvalue weighted by Gasteiger charge is -2.72. The van der Waals surface area contributed by atoms with Gasteiger partial charge in [-0.1, -0.05) is 60.6 Å². The van der Waals surface area contributed by atoms with Crippen LogP contribution < -0.4 is 5.32 Å². The highest BCUT2D eigenvalue weighted by molar-refractivity contribution is 6.07. The summed E-state index contributed by atoms with van der Waals surface area (Å²) in [6, 6.07) is 6.28. The standard InChI is InChI=1S/C43H59NO8/c1-24(2)33-28(45)22-43(44-35(47)25-12-10-11-13-26(25)36(48)49)21-20-41(8)27(34(33)43)14-15-30-40(7)18-17-31(52-32(46)23-38(3,4)37(50)51)39(5,6)29(40)16-19-42(30,41)9/h10-13,24,27,29-31H,14-23H2,1-9H3,(H,44,47)(H,48,49)(H,50,51)/t27?,29?,30?,31-,40-,41+,42+,43+/m0/s1. The highest BCUT2D eigenvalue weighted by atomic mass is 16.5. The minimum Gasteiger partial charge on any atom is -0.481 e. The number of hydrogen-bond donors (Lipinski definition) is 3. The van der Waals surface area contributed by atoms with Crippen molar-refractivity contribution in [3.63, 3.8) is 0 Å². The van der Waals surface area contributed by atoms with Gasteiger partial charge < -0.3 is 20.3 Å². The van der Waals surface area contributed by atoms with E-state index in [1.54, 1.807) is 32.0 Å². The number of hydrogen-bond acceptors (Lipinski definition) is 6. The van der Waals surface area contributed by atoms with Crippen molar-refractivity contribution < 1.29 is 38.9 Å². The lowest BCUT2D eigenvalue weighted by Crippen LogP contribution is -2.67. The fourth-order valence-corrected chi connectivity index (χ4v) is 12.7. The normalized spacial score (nSPS) is 36.6. The first kappa shape index (κ1) is 38.2. The number of esters is 1. The quantitative estimate of drug-likeness (QED) is 0.228. The monoisotopic (exact) mass is 717 g/mol. The highest BCUT2D eigenvalue weighted by Crippen LogP contribution is 2.76. The molecule has 0 saturated heterocycles. The average molecular weight is 718 g/mol. The topological polar surface area (TPSA) is 147 Å². The molecular formula is C43H59NO8. The minimum atomic E-state index is -1.19. The Bertz CT molecular complexity index is 1740. The third-order valence-corrected chi connectivity index (χ3v) is 15.6. The third-order valence-electron chi connectivity index (χ3n) is 15.6. The molecular weight excluding hydrogens is 658 g/mol. The SMILES string of the molecule is CC(C)C1=C2C3CCC4[C@@]5(C)CC[C@H](OC(=O)CC(C)(C)C(=O)O)C(C)(C)C5CC[C@@]4(C)[C@]3(C)CC[C@@]2(NC(=O)c2ccccc2C(=O)O)CC1=O. The first-order valence-corrected chi connectivity index (χ1v) is 19.4. The highest BCUT2D eigenvalue weighted by Gasteiger charge is 2.70. The van der Waals surface area contributed by atoms with E-state index >= 15 is 0 Å². The molecule has 0 bridgehead atoms. The summed E-state index contributed by atoms with van der Waals surface area (Å²) in [6.45, 7) is 19.1. The molecule has 3 unspecified atom stereocenters. The second-order valence-electron chi connectivity index (χ2n) is 19.3. The molecule has 5 aliphatic rings. The maximum absolute atomic E-state index is 14.0. The smallest absolute Gasteiger partial charge is 0.336 e. The molecule has 4 fully saturated rings. The number of carbonyl (C=O) groups excluding carboxylic acids is 3. The number of carboxylic acid groups (broad SMARTS) is 2. The fourth-order valence-electron chi connectivity index (χ4n) is 12.7. The molecule has 1 aromatic carbocycles. The first-order chi connectivity index (χ1) is 24.1. The number of benzene rings is 1. The molecule has 0 aliphatic heterocycles. The lowest BCUT2D eigenvalue weighted by molar-refractivity contribution is -0.232. The average Bonchev–Trinajstić information content (AvgIpc) is 3.34.